The van der Waals surface area contributed by atoms with E-state index in [-0.39, 0.29) is 6.61 Å². The quantitative estimate of drug-likeness (QED) is 0.878. The van der Waals surface area contributed by atoms with Gasteiger partial charge in [0.1, 0.15) is 5.82 Å². The maximum atomic E-state index is 9.00. The van der Waals surface area contributed by atoms with E-state index >= 15 is 0 Å². The number of aryl methyl sites for hydroxylation is 1. The zero-order valence-electron chi connectivity index (χ0n) is 10.6. The molecule has 1 aromatic heterocycles. The van der Waals surface area contributed by atoms with Gasteiger partial charge in [0.05, 0.1) is 5.69 Å². The molecule has 3 heteroatoms. The van der Waals surface area contributed by atoms with Crippen molar-refractivity contribution in [3.05, 3.63) is 41.2 Å². The van der Waals surface area contributed by atoms with E-state index in [1.807, 2.05) is 14.0 Å². The largest absolute Gasteiger partial charge is 0.396 e. The Kier molecular flexibility index (Phi) is 3.29. The van der Waals surface area contributed by atoms with Gasteiger partial charge < -0.3 is 9.67 Å². The summed E-state index contributed by atoms with van der Waals surface area (Å²) in [7, 11) is 2.01. The summed E-state index contributed by atoms with van der Waals surface area (Å²) in [5.74, 6) is 0.964. The van der Waals surface area contributed by atoms with Crippen LogP contribution in [0.25, 0.3) is 11.4 Å². The molecule has 0 aliphatic heterocycles. The molecule has 0 fully saturated rings. The van der Waals surface area contributed by atoms with Crippen LogP contribution in [0.1, 0.15) is 17.0 Å². The molecule has 0 bridgehead atoms. The molecule has 0 spiro atoms. The third kappa shape index (κ3) is 2.24. The van der Waals surface area contributed by atoms with Gasteiger partial charge in [0.2, 0.25) is 0 Å². The van der Waals surface area contributed by atoms with Gasteiger partial charge in [-0.05, 0) is 13.8 Å². The first-order valence-corrected chi connectivity index (χ1v) is 5.83. The molecule has 0 atom stereocenters. The lowest BCUT2D eigenvalue weighted by atomic mass is 10.1. The van der Waals surface area contributed by atoms with E-state index in [0.29, 0.717) is 6.42 Å². The van der Waals surface area contributed by atoms with Gasteiger partial charge in [0.25, 0.3) is 0 Å². The van der Waals surface area contributed by atoms with Crippen molar-refractivity contribution in [3.63, 3.8) is 0 Å². The highest BCUT2D eigenvalue weighted by atomic mass is 16.3. The molecule has 2 aromatic rings. The molecular weight excluding hydrogens is 212 g/mol. The van der Waals surface area contributed by atoms with E-state index in [9.17, 15) is 0 Å². The molecule has 0 saturated carbocycles. The maximum Gasteiger partial charge on any atom is 0.140 e. The van der Waals surface area contributed by atoms with Crippen LogP contribution in [0.2, 0.25) is 0 Å². The normalized spacial score (nSPS) is 10.8. The minimum atomic E-state index is 0.144. The van der Waals surface area contributed by atoms with Crippen LogP contribution >= 0.6 is 0 Å². The second-order valence-corrected chi connectivity index (χ2v) is 4.37. The average Bonchev–Trinajstić information content (AvgIpc) is 2.59. The Morgan fingerprint density at radius 1 is 1.18 bits per heavy atom. The van der Waals surface area contributed by atoms with E-state index in [1.54, 1.807) is 0 Å². The first kappa shape index (κ1) is 11.9. The van der Waals surface area contributed by atoms with Crippen LogP contribution in [-0.2, 0) is 13.5 Å². The molecule has 0 unspecified atom stereocenters. The predicted molar refractivity (Wildman–Crippen MR) is 68.9 cm³/mol. The van der Waals surface area contributed by atoms with Crippen molar-refractivity contribution in [2.45, 2.75) is 20.3 Å². The van der Waals surface area contributed by atoms with E-state index in [4.69, 9.17) is 5.11 Å². The number of hydrogen-bond donors (Lipinski definition) is 1. The zero-order chi connectivity index (χ0) is 12.4. The summed E-state index contributed by atoms with van der Waals surface area (Å²) in [5, 5.41) is 9.00. The Bertz CT molecular complexity index is 512. The first-order valence-electron chi connectivity index (χ1n) is 5.83. The first-order chi connectivity index (χ1) is 8.13. The number of nitrogens with zero attached hydrogens (tertiary/aromatic N) is 2. The zero-order valence-corrected chi connectivity index (χ0v) is 10.6. The summed E-state index contributed by atoms with van der Waals surface area (Å²) in [6, 6.07) is 8.34. The fraction of sp³-hybridized carbons (Fsp3) is 0.357. The van der Waals surface area contributed by atoms with Crippen molar-refractivity contribution in [2.24, 2.45) is 7.05 Å². The molecule has 1 aromatic carbocycles. The third-order valence-corrected chi connectivity index (χ3v) is 3.14. The molecule has 90 valence electrons. The molecule has 0 radical (unpaired) electrons. The Morgan fingerprint density at radius 3 is 2.41 bits per heavy atom. The maximum absolute atomic E-state index is 9.00. The molecule has 0 aliphatic rings. The Morgan fingerprint density at radius 2 is 1.82 bits per heavy atom. The predicted octanol–water partition coefficient (Wildman–Crippen LogP) is 2.24. The second-order valence-electron chi connectivity index (χ2n) is 4.37. The lowest BCUT2D eigenvalue weighted by molar-refractivity contribution is 0.298. The van der Waals surface area contributed by atoms with Gasteiger partial charge in [0, 0.05) is 31.3 Å². The molecule has 0 saturated heterocycles. The Labute approximate surface area is 102 Å². The fourth-order valence-corrected chi connectivity index (χ4v) is 1.94. The van der Waals surface area contributed by atoms with Crippen LogP contribution in [0.3, 0.4) is 0 Å². The van der Waals surface area contributed by atoms with Gasteiger partial charge in [-0.3, -0.25) is 0 Å². The summed E-state index contributed by atoms with van der Waals surface area (Å²) >= 11 is 0. The minimum absolute atomic E-state index is 0.144. The van der Waals surface area contributed by atoms with Crippen LogP contribution in [0.15, 0.2) is 24.3 Å². The highest BCUT2D eigenvalue weighted by Gasteiger charge is 2.11. The monoisotopic (exact) mass is 230 g/mol. The molecule has 17 heavy (non-hydrogen) atoms. The lowest BCUT2D eigenvalue weighted by Crippen LogP contribution is -1.96. The van der Waals surface area contributed by atoms with Crippen molar-refractivity contribution in [3.8, 4) is 11.4 Å². The van der Waals surface area contributed by atoms with Gasteiger partial charge in [-0.25, -0.2) is 4.98 Å². The van der Waals surface area contributed by atoms with Crippen molar-refractivity contribution in [1.82, 2.24) is 9.55 Å². The van der Waals surface area contributed by atoms with Crippen LogP contribution in [-0.4, -0.2) is 21.3 Å². The fourth-order valence-electron chi connectivity index (χ4n) is 1.94. The summed E-state index contributed by atoms with van der Waals surface area (Å²) in [4.78, 5) is 4.60. The number of aliphatic hydroxyl groups excluding tert-OH is 1. The van der Waals surface area contributed by atoms with Gasteiger partial charge in [-0.2, -0.15) is 0 Å². The van der Waals surface area contributed by atoms with Crippen molar-refractivity contribution < 1.29 is 5.11 Å². The minimum Gasteiger partial charge on any atom is -0.396 e. The van der Waals surface area contributed by atoms with E-state index < -0.39 is 0 Å². The summed E-state index contributed by atoms with van der Waals surface area (Å²) in [5.41, 5.74) is 4.46. The van der Waals surface area contributed by atoms with Crippen molar-refractivity contribution in [1.29, 1.82) is 0 Å². The molecule has 1 N–H and O–H groups in total. The number of imidazole rings is 1. The summed E-state index contributed by atoms with van der Waals surface area (Å²) < 4.78 is 2.08. The topological polar surface area (TPSA) is 38.1 Å². The van der Waals surface area contributed by atoms with Gasteiger partial charge in [0.15, 0.2) is 0 Å². The van der Waals surface area contributed by atoms with E-state index in [2.05, 4.69) is 40.7 Å². The number of aliphatic hydroxyl groups is 1. The van der Waals surface area contributed by atoms with Crippen LogP contribution in [0, 0.1) is 13.8 Å². The Balaban J connectivity index is 2.45. The summed E-state index contributed by atoms with van der Waals surface area (Å²) in [6.07, 6.45) is 0.617. The third-order valence-electron chi connectivity index (χ3n) is 3.14. The van der Waals surface area contributed by atoms with Gasteiger partial charge in [-0.15, -0.1) is 0 Å². The van der Waals surface area contributed by atoms with Crippen molar-refractivity contribution >= 4 is 0 Å². The van der Waals surface area contributed by atoms with E-state index in [0.717, 1.165) is 22.8 Å². The smallest absolute Gasteiger partial charge is 0.140 e. The van der Waals surface area contributed by atoms with E-state index in [1.165, 1.54) is 5.56 Å². The van der Waals surface area contributed by atoms with Crippen LogP contribution in [0.5, 0.6) is 0 Å². The second kappa shape index (κ2) is 4.72. The van der Waals surface area contributed by atoms with Gasteiger partial charge >= 0.3 is 0 Å². The molecule has 1 heterocycles. The number of aromatic nitrogens is 2. The average molecular weight is 230 g/mol. The SMILES string of the molecule is Cc1ccc(-c2nc(CCO)c(C)n2C)cc1. The number of hydrogen-bond acceptors (Lipinski definition) is 2. The van der Waals surface area contributed by atoms with Crippen LogP contribution < -0.4 is 0 Å². The molecule has 0 amide bonds. The molecule has 2 rings (SSSR count). The standard InChI is InChI=1S/C14H18N2O/c1-10-4-6-12(7-5-10)14-15-13(8-9-17)11(2)16(14)3/h4-7,17H,8-9H2,1-3H3. The Hall–Kier alpha value is -1.61. The highest BCUT2D eigenvalue weighted by Crippen LogP contribution is 2.21. The van der Waals surface area contributed by atoms with Gasteiger partial charge in [-0.1, -0.05) is 29.8 Å². The molecule has 0 aliphatic carbocycles. The number of benzene rings is 1. The number of rotatable bonds is 3. The van der Waals surface area contributed by atoms with Crippen LogP contribution in [0.4, 0.5) is 0 Å². The lowest BCUT2D eigenvalue weighted by Gasteiger charge is -2.03. The molecular formula is C14H18N2O. The van der Waals surface area contributed by atoms with Crippen molar-refractivity contribution in [2.75, 3.05) is 6.61 Å². The molecule has 3 nitrogen and oxygen atoms in total. The summed E-state index contributed by atoms with van der Waals surface area (Å²) in [6.45, 7) is 4.26. The highest BCUT2D eigenvalue weighted by molar-refractivity contribution is 5.57.